The van der Waals surface area contributed by atoms with Crippen LogP contribution < -0.4 is 5.73 Å². The fraction of sp³-hybridized carbons (Fsp3) is 0.111. The number of hydrogen-bond donors (Lipinski definition) is 1. The van der Waals surface area contributed by atoms with Crippen LogP contribution in [0, 0.1) is 5.82 Å². The van der Waals surface area contributed by atoms with Crippen molar-refractivity contribution in [3.63, 3.8) is 0 Å². The van der Waals surface area contributed by atoms with Crippen LogP contribution in [0.15, 0.2) is 29.4 Å². The average Bonchev–Trinajstić information content (AvgIpc) is 2.66. The molecule has 6 heteroatoms. The van der Waals surface area contributed by atoms with E-state index in [2.05, 4.69) is 10.3 Å². The molecule has 0 bridgehead atoms. The second-order valence-electron chi connectivity index (χ2n) is 2.92. The van der Waals surface area contributed by atoms with Gasteiger partial charge in [0.05, 0.1) is 6.20 Å². The normalized spacial score (nSPS) is 10.5. The van der Waals surface area contributed by atoms with Crippen LogP contribution in [-0.4, -0.2) is 21.2 Å². The lowest BCUT2D eigenvalue weighted by molar-refractivity contribution is 0.607. The number of anilines is 1. The number of aromatic nitrogens is 3. The molecule has 0 aliphatic heterocycles. The van der Waals surface area contributed by atoms with E-state index in [1.165, 1.54) is 22.5 Å². The van der Waals surface area contributed by atoms with E-state index in [4.69, 9.17) is 5.73 Å². The van der Waals surface area contributed by atoms with Gasteiger partial charge in [0, 0.05) is 5.69 Å². The number of hydrogen-bond acceptors (Lipinski definition) is 4. The van der Waals surface area contributed by atoms with E-state index in [0.29, 0.717) is 11.4 Å². The van der Waals surface area contributed by atoms with Crippen LogP contribution >= 0.6 is 11.8 Å². The second kappa shape index (κ2) is 3.90. The fourth-order valence-corrected chi connectivity index (χ4v) is 1.49. The Kier molecular flexibility index (Phi) is 2.59. The Bertz CT molecular complexity index is 483. The van der Waals surface area contributed by atoms with Gasteiger partial charge in [-0.25, -0.2) is 9.07 Å². The standard InChI is InChI=1S/C9H9FN4S/c1-15-9-5-14(13-12-9)8-3-2-6(11)4-7(8)10/h2-5H,11H2,1H3. The van der Waals surface area contributed by atoms with Crippen molar-refractivity contribution >= 4 is 17.4 Å². The minimum Gasteiger partial charge on any atom is -0.399 e. The Labute approximate surface area is 90.3 Å². The molecule has 4 nitrogen and oxygen atoms in total. The molecular formula is C9H9FN4S. The third kappa shape index (κ3) is 1.94. The van der Waals surface area contributed by atoms with Gasteiger partial charge in [0.2, 0.25) is 0 Å². The first kappa shape index (κ1) is 9.97. The number of nitrogens with two attached hydrogens (primary N) is 1. The van der Waals surface area contributed by atoms with Crippen LogP contribution in [0.3, 0.4) is 0 Å². The Morgan fingerprint density at radius 2 is 2.27 bits per heavy atom. The quantitative estimate of drug-likeness (QED) is 0.623. The maximum atomic E-state index is 13.5. The summed E-state index contributed by atoms with van der Waals surface area (Å²) >= 11 is 1.45. The fourth-order valence-electron chi connectivity index (χ4n) is 1.17. The lowest BCUT2D eigenvalue weighted by Crippen LogP contribution is -1.99. The molecule has 0 unspecified atom stereocenters. The number of halogens is 1. The first-order valence-electron chi connectivity index (χ1n) is 4.22. The molecule has 15 heavy (non-hydrogen) atoms. The molecule has 0 fully saturated rings. The van der Waals surface area contributed by atoms with Gasteiger partial charge < -0.3 is 5.73 Å². The zero-order chi connectivity index (χ0) is 10.8. The Morgan fingerprint density at radius 3 is 2.87 bits per heavy atom. The molecule has 1 aromatic heterocycles. The van der Waals surface area contributed by atoms with E-state index in [1.54, 1.807) is 18.3 Å². The van der Waals surface area contributed by atoms with Gasteiger partial charge in [-0.05, 0) is 24.5 Å². The van der Waals surface area contributed by atoms with E-state index >= 15 is 0 Å². The molecule has 0 aliphatic carbocycles. The molecule has 0 amide bonds. The summed E-state index contributed by atoms with van der Waals surface area (Å²) in [5, 5.41) is 8.41. The van der Waals surface area contributed by atoms with E-state index in [1.807, 2.05) is 6.26 Å². The van der Waals surface area contributed by atoms with Gasteiger partial charge in [-0.15, -0.1) is 16.9 Å². The van der Waals surface area contributed by atoms with Crippen molar-refractivity contribution in [2.75, 3.05) is 12.0 Å². The molecule has 0 saturated carbocycles. The summed E-state index contributed by atoms with van der Waals surface area (Å²) in [6, 6.07) is 4.46. The Hall–Kier alpha value is -1.56. The molecule has 0 aliphatic rings. The zero-order valence-electron chi connectivity index (χ0n) is 8.01. The third-order valence-corrected chi connectivity index (χ3v) is 2.51. The Balaban J connectivity index is 2.44. The average molecular weight is 224 g/mol. The molecule has 0 saturated heterocycles. The first-order chi connectivity index (χ1) is 7.20. The predicted molar refractivity (Wildman–Crippen MR) is 57.5 cm³/mol. The van der Waals surface area contributed by atoms with Crippen molar-refractivity contribution in [1.29, 1.82) is 0 Å². The summed E-state index contributed by atoms with van der Waals surface area (Å²) in [6.07, 6.45) is 3.55. The summed E-state index contributed by atoms with van der Waals surface area (Å²) in [4.78, 5) is 0. The molecule has 2 N–H and O–H groups in total. The molecular weight excluding hydrogens is 215 g/mol. The summed E-state index contributed by atoms with van der Waals surface area (Å²) in [6.45, 7) is 0. The number of thioether (sulfide) groups is 1. The van der Waals surface area contributed by atoms with E-state index in [9.17, 15) is 4.39 Å². The Morgan fingerprint density at radius 1 is 1.47 bits per heavy atom. The third-order valence-electron chi connectivity index (χ3n) is 1.90. The SMILES string of the molecule is CSc1cn(-c2ccc(N)cc2F)nn1. The number of benzene rings is 1. The summed E-state index contributed by atoms with van der Waals surface area (Å²) in [7, 11) is 0. The van der Waals surface area contributed by atoms with Gasteiger partial charge in [0.1, 0.15) is 10.7 Å². The van der Waals surface area contributed by atoms with E-state index in [0.717, 1.165) is 5.03 Å². The van der Waals surface area contributed by atoms with Crippen LogP contribution in [0.5, 0.6) is 0 Å². The molecule has 0 spiro atoms. The van der Waals surface area contributed by atoms with Crippen molar-refractivity contribution in [2.24, 2.45) is 0 Å². The summed E-state index contributed by atoms with van der Waals surface area (Å²) < 4.78 is 14.9. The summed E-state index contributed by atoms with van der Waals surface area (Å²) in [5.74, 6) is -0.410. The van der Waals surface area contributed by atoms with Gasteiger partial charge in [0.15, 0.2) is 5.82 Å². The van der Waals surface area contributed by atoms with Crippen LogP contribution in [0.4, 0.5) is 10.1 Å². The van der Waals surface area contributed by atoms with Crippen molar-refractivity contribution in [2.45, 2.75) is 5.03 Å². The van der Waals surface area contributed by atoms with Crippen LogP contribution in [0.25, 0.3) is 5.69 Å². The van der Waals surface area contributed by atoms with Gasteiger partial charge in [-0.3, -0.25) is 0 Å². The van der Waals surface area contributed by atoms with Crippen LogP contribution in [0.2, 0.25) is 0 Å². The molecule has 1 heterocycles. The lowest BCUT2D eigenvalue weighted by atomic mass is 10.3. The van der Waals surface area contributed by atoms with Gasteiger partial charge in [0.25, 0.3) is 0 Å². The zero-order valence-corrected chi connectivity index (χ0v) is 8.83. The molecule has 0 radical (unpaired) electrons. The van der Waals surface area contributed by atoms with Gasteiger partial charge >= 0.3 is 0 Å². The maximum Gasteiger partial charge on any atom is 0.150 e. The highest BCUT2D eigenvalue weighted by molar-refractivity contribution is 7.98. The van der Waals surface area contributed by atoms with Crippen LogP contribution in [-0.2, 0) is 0 Å². The highest BCUT2D eigenvalue weighted by Crippen LogP contribution is 2.17. The number of rotatable bonds is 2. The van der Waals surface area contributed by atoms with Crippen molar-refractivity contribution in [1.82, 2.24) is 15.0 Å². The minimum atomic E-state index is -0.410. The van der Waals surface area contributed by atoms with Crippen molar-refractivity contribution in [3.05, 3.63) is 30.2 Å². The second-order valence-corrected chi connectivity index (χ2v) is 3.74. The predicted octanol–water partition coefficient (Wildman–Crippen LogP) is 1.71. The van der Waals surface area contributed by atoms with Gasteiger partial charge in [-0.2, -0.15) is 0 Å². The first-order valence-corrected chi connectivity index (χ1v) is 5.45. The highest BCUT2D eigenvalue weighted by Gasteiger charge is 2.07. The van der Waals surface area contributed by atoms with Crippen LogP contribution in [0.1, 0.15) is 0 Å². The molecule has 0 atom stereocenters. The van der Waals surface area contributed by atoms with Crippen molar-refractivity contribution < 1.29 is 4.39 Å². The molecule has 1 aromatic carbocycles. The minimum absolute atomic E-state index is 0.344. The lowest BCUT2D eigenvalue weighted by Gasteiger charge is -2.02. The van der Waals surface area contributed by atoms with Crippen molar-refractivity contribution in [3.8, 4) is 5.69 Å². The van der Waals surface area contributed by atoms with E-state index < -0.39 is 5.82 Å². The number of nitrogens with zero attached hydrogens (tertiary/aromatic N) is 3. The molecule has 2 rings (SSSR count). The smallest absolute Gasteiger partial charge is 0.150 e. The summed E-state index contributed by atoms with van der Waals surface area (Å²) in [5.41, 5.74) is 6.18. The van der Waals surface area contributed by atoms with Gasteiger partial charge in [-0.1, -0.05) is 5.21 Å². The molecule has 78 valence electrons. The largest absolute Gasteiger partial charge is 0.399 e. The van der Waals surface area contributed by atoms with E-state index in [-0.39, 0.29) is 0 Å². The molecule has 2 aromatic rings. The maximum absolute atomic E-state index is 13.5. The number of nitrogen functional groups attached to an aromatic ring is 1. The topological polar surface area (TPSA) is 56.7 Å². The highest BCUT2D eigenvalue weighted by atomic mass is 32.2. The monoisotopic (exact) mass is 224 g/mol.